The van der Waals surface area contributed by atoms with Crippen molar-refractivity contribution in [3.8, 4) is 45.5 Å². The summed E-state index contributed by atoms with van der Waals surface area (Å²) in [7, 11) is 0. The summed E-state index contributed by atoms with van der Waals surface area (Å²) in [6.07, 6.45) is 0. The van der Waals surface area contributed by atoms with Gasteiger partial charge in [-0.2, -0.15) is 9.97 Å². The van der Waals surface area contributed by atoms with Gasteiger partial charge in [-0.05, 0) is 41.5 Å². The van der Waals surface area contributed by atoms with Crippen LogP contribution >= 0.6 is 0 Å². The van der Waals surface area contributed by atoms with E-state index >= 15 is 0 Å². The summed E-state index contributed by atoms with van der Waals surface area (Å²) >= 11 is 0. The fourth-order valence-electron chi connectivity index (χ4n) is 7.09. The van der Waals surface area contributed by atoms with Gasteiger partial charge in [-0.15, -0.1) is 0 Å². The van der Waals surface area contributed by atoms with Crippen LogP contribution in [-0.4, -0.2) is 24.1 Å². The van der Waals surface area contributed by atoms with Crippen LogP contribution in [0.3, 0.4) is 0 Å². The van der Waals surface area contributed by atoms with E-state index in [4.69, 9.17) is 21.8 Å². The summed E-state index contributed by atoms with van der Waals surface area (Å²) in [5, 5.41) is 4.11. The van der Waals surface area contributed by atoms with Crippen LogP contribution < -0.4 is 0 Å². The second-order valence-electron chi connectivity index (χ2n) is 12.1. The minimum Gasteiger partial charge on any atom is -0.307 e. The highest BCUT2D eigenvalue weighted by molar-refractivity contribution is 6.23. The van der Waals surface area contributed by atoms with E-state index in [-0.39, 0.29) is 29.4 Å². The second kappa shape index (κ2) is 11.4. The summed E-state index contributed by atoms with van der Waals surface area (Å²) in [4.78, 5) is 15.0. The first-order chi connectivity index (χ1) is 26.9. The molecule has 0 aliphatic heterocycles. The third-order valence-electron chi connectivity index (χ3n) is 9.26. The maximum Gasteiger partial charge on any atom is 0.238 e. The molecule has 0 atom stereocenters. The lowest BCUT2D eigenvalue weighted by atomic mass is 10.0. The van der Waals surface area contributed by atoms with Crippen LogP contribution in [0.2, 0.25) is 0 Å². The molecule has 0 saturated heterocycles. The van der Waals surface area contributed by atoms with Crippen molar-refractivity contribution < 1.29 is 6.85 Å². The lowest BCUT2D eigenvalue weighted by Crippen LogP contribution is -2.07. The molecule has 0 spiro atoms. The number of benzene rings is 7. The fourth-order valence-corrected chi connectivity index (χ4v) is 7.09. The molecule has 234 valence electrons. The van der Waals surface area contributed by atoms with Crippen LogP contribution in [0, 0.1) is 0 Å². The van der Waals surface area contributed by atoms with Crippen molar-refractivity contribution in [2.24, 2.45) is 0 Å². The highest BCUT2D eigenvalue weighted by atomic mass is 15.2. The Labute approximate surface area is 295 Å². The average molecular weight is 645 g/mol. The molecule has 0 N–H and O–H groups in total. The lowest BCUT2D eigenvalue weighted by Gasteiger charge is -2.13. The van der Waals surface area contributed by atoms with Gasteiger partial charge in [-0.1, -0.05) is 145 Å². The van der Waals surface area contributed by atoms with E-state index < -0.39 is 18.1 Å². The van der Waals surface area contributed by atoms with Gasteiger partial charge < -0.3 is 4.57 Å². The Morgan fingerprint density at radius 3 is 1.64 bits per heavy atom. The molecule has 10 rings (SSSR count). The molecule has 0 bridgehead atoms. The third kappa shape index (κ3) is 4.45. The third-order valence-corrected chi connectivity index (χ3v) is 9.26. The molecular formula is C45H29N5. The first-order valence-corrected chi connectivity index (χ1v) is 16.4. The van der Waals surface area contributed by atoms with Gasteiger partial charge in [-0.3, -0.25) is 4.57 Å². The van der Waals surface area contributed by atoms with Crippen LogP contribution in [0.1, 0.15) is 6.85 Å². The van der Waals surface area contributed by atoms with Crippen LogP contribution in [0.15, 0.2) is 176 Å². The normalized spacial score (nSPS) is 13.0. The summed E-state index contributed by atoms with van der Waals surface area (Å²) < 4.78 is 47.4. The highest BCUT2D eigenvalue weighted by Gasteiger charge is 2.23. The Balaban J connectivity index is 1.36. The smallest absolute Gasteiger partial charge is 0.238 e. The molecule has 3 heterocycles. The molecule has 0 amide bonds. The van der Waals surface area contributed by atoms with Gasteiger partial charge in [-0.25, -0.2) is 4.98 Å². The van der Waals surface area contributed by atoms with Crippen molar-refractivity contribution in [2.75, 3.05) is 0 Å². The maximum absolute atomic E-state index is 8.91. The molecule has 0 aliphatic rings. The zero-order chi connectivity index (χ0) is 37.4. The molecule has 5 heteroatoms. The van der Waals surface area contributed by atoms with Crippen LogP contribution in [-0.2, 0) is 0 Å². The number of fused-ring (bicyclic) bond motifs is 7. The molecule has 0 saturated carbocycles. The minimum absolute atomic E-state index is 0.0242. The van der Waals surface area contributed by atoms with Crippen molar-refractivity contribution in [1.82, 2.24) is 24.1 Å². The standard InChI is InChI=1S/C45H29N5/c1-4-15-30(16-5-1)32-19-14-20-33(29-32)44-46-43(31-17-6-2-7-18-31)47-45(48-44)50-40-26-13-11-24-36(40)38-28-27-37-35-23-10-12-25-39(35)49(41(37)42(38)50)34-21-8-3-9-22-34/h1-29H/i2D,6D,7D,17D,18D. The minimum atomic E-state index is -0.484. The fraction of sp³-hybridized carbons (Fsp3) is 0. The van der Waals surface area contributed by atoms with Gasteiger partial charge in [0.15, 0.2) is 11.6 Å². The largest absolute Gasteiger partial charge is 0.307 e. The van der Waals surface area contributed by atoms with Crippen LogP contribution in [0.5, 0.6) is 0 Å². The zero-order valence-corrected chi connectivity index (χ0v) is 26.6. The molecule has 3 aromatic heterocycles. The van der Waals surface area contributed by atoms with Gasteiger partial charge in [0.1, 0.15) is 0 Å². The number of hydrogen-bond donors (Lipinski definition) is 0. The summed E-state index contributed by atoms with van der Waals surface area (Å²) in [6, 6.07) is 46.7. The Morgan fingerprint density at radius 1 is 0.400 bits per heavy atom. The monoisotopic (exact) mass is 644 g/mol. The maximum atomic E-state index is 8.91. The van der Waals surface area contributed by atoms with E-state index in [0.29, 0.717) is 11.4 Å². The average Bonchev–Trinajstić information content (AvgIpc) is 3.76. The van der Waals surface area contributed by atoms with Crippen molar-refractivity contribution in [3.63, 3.8) is 0 Å². The Bertz CT molecular complexity index is 3130. The van der Waals surface area contributed by atoms with Crippen LogP contribution in [0.25, 0.3) is 89.2 Å². The molecule has 5 nitrogen and oxygen atoms in total. The van der Waals surface area contributed by atoms with Gasteiger partial charge in [0.2, 0.25) is 5.95 Å². The van der Waals surface area contributed by atoms with E-state index in [0.717, 1.165) is 60.4 Å². The van der Waals surface area contributed by atoms with Gasteiger partial charge >= 0.3 is 0 Å². The summed E-state index contributed by atoms with van der Waals surface area (Å²) in [6.45, 7) is 0. The van der Waals surface area contributed by atoms with E-state index in [9.17, 15) is 0 Å². The molecule has 0 aliphatic carbocycles. The molecule has 10 aromatic rings. The number of para-hydroxylation sites is 3. The predicted octanol–water partition coefficient (Wildman–Crippen LogP) is 11.1. The van der Waals surface area contributed by atoms with E-state index in [1.165, 1.54) is 0 Å². The summed E-state index contributed by atoms with van der Waals surface area (Å²) in [5.41, 5.74) is 7.26. The van der Waals surface area contributed by atoms with Crippen molar-refractivity contribution in [1.29, 1.82) is 0 Å². The summed E-state index contributed by atoms with van der Waals surface area (Å²) in [5.74, 6) is 0.524. The van der Waals surface area contributed by atoms with Crippen molar-refractivity contribution in [2.45, 2.75) is 0 Å². The Morgan fingerprint density at radius 2 is 0.940 bits per heavy atom. The van der Waals surface area contributed by atoms with Gasteiger partial charge in [0, 0.05) is 38.4 Å². The molecule has 0 unspecified atom stereocenters. The molecular weight excluding hydrogens is 611 g/mol. The predicted molar refractivity (Wildman–Crippen MR) is 205 cm³/mol. The highest BCUT2D eigenvalue weighted by Crippen LogP contribution is 2.41. The number of aromatic nitrogens is 5. The first-order valence-electron chi connectivity index (χ1n) is 18.9. The number of nitrogens with zero attached hydrogens (tertiary/aromatic N) is 5. The quantitative estimate of drug-likeness (QED) is 0.187. The van der Waals surface area contributed by atoms with Gasteiger partial charge in [0.25, 0.3) is 0 Å². The Kier molecular flexibility index (Phi) is 5.35. The van der Waals surface area contributed by atoms with E-state index in [1.807, 2.05) is 108 Å². The number of rotatable bonds is 5. The first kappa shape index (κ1) is 23.5. The zero-order valence-electron chi connectivity index (χ0n) is 31.6. The lowest BCUT2D eigenvalue weighted by molar-refractivity contribution is 0.953. The van der Waals surface area contributed by atoms with E-state index in [1.54, 1.807) is 0 Å². The second-order valence-corrected chi connectivity index (χ2v) is 12.1. The van der Waals surface area contributed by atoms with Gasteiger partial charge in [0.05, 0.1) is 28.9 Å². The molecule has 7 aromatic carbocycles. The van der Waals surface area contributed by atoms with E-state index in [2.05, 4.69) is 47.0 Å². The number of hydrogen-bond acceptors (Lipinski definition) is 3. The topological polar surface area (TPSA) is 48.5 Å². The molecule has 0 fully saturated rings. The molecule has 0 radical (unpaired) electrons. The van der Waals surface area contributed by atoms with Crippen molar-refractivity contribution in [3.05, 3.63) is 176 Å². The van der Waals surface area contributed by atoms with Crippen LogP contribution in [0.4, 0.5) is 0 Å². The Hall–Kier alpha value is -6.85. The molecule has 50 heavy (non-hydrogen) atoms. The van der Waals surface area contributed by atoms with Crippen molar-refractivity contribution >= 4 is 43.6 Å². The SMILES string of the molecule is [2H]c1c([2H])c([2H])c(-c2nc(-c3cccc(-c4ccccc4)c3)nc(-n3c4ccccc4c4ccc5c6ccccc6n(-c6ccccc6)c5c43)n2)c([2H])c1[2H].